The van der Waals surface area contributed by atoms with Gasteiger partial charge in [0.25, 0.3) is 0 Å². The van der Waals surface area contributed by atoms with Crippen LogP contribution < -0.4 is 4.72 Å². The van der Waals surface area contributed by atoms with E-state index in [9.17, 15) is 8.42 Å². The van der Waals surface area contributed by atoms with Crippen molar-refractivity contribution in [3.05, 3.63) is 65.9 Å². The minimum absolute atomic E-state index is 0.111. The summed E-state index contributed by atoms with van der Waals surface area (Å²) in [5.74, 6) is 0.545. The van der Waals surface area contributed by atoms with Crippen molar-refractivity contribution in [1.82, 2.24) is 4.72 Å². The van der Waals surface area contributed by atoms with Gasteiger partial charge in [-0.25, -0.2) is 13.1 Å². The lowest BCUT2D eigenvalue weighted by Crippen LogP contribution is -2.26. The minimum atomic E-state index is -3.69. The molecule has 0 radical (unpaired) electrons. The Hall–Kier alpha value is -2.62. The van der Waals surface area contributed by atoms with Crippen molar-refractivity contribution in [2.45, 2.75) is 17.9 Å². The van der Waals surface area contributed by atoms with Crippen molar-refractivity contribution in [3.63, 3.8) is 0 Å². The molecule has 0 spiro atoms. The number of rotatable bonds is 4. The second kappa shape index (κ2) is 5.88. The zero-order valence-electron chi connectivity index (χ0n) is 12.4. The molecule has 0 aliphatic carbocycles. The minimum Gasteiger partial charge on any atom is -0.459 e. The van der Waals surface area contributed by atoms with Gasteiger partial charge in [0.2, 0.25) is 10.0 Å². The number of sulfonamides is 1. The van der Waals surface area contributed by atoms with E-state index in [0.29, 0.717) is 16.9 Å². The van der Waals surface area contributed by atoms with Gasteiger partial charge in [-0.3, -0.25) is 0 Å². The summed E-state index contributed by atoms with van der Waals surface area (Å²) in [7, 11) is -3.69. The van der Waals surface area contributed by atoms with Crippen LogP contribution in [0.25, 0.3) is 11.0 Å². The lowest BCUT2D eigenvalue weighted by atomic mass is 10.2. The van der Waals surface area contributed by atoms with Crippen LogP contribution in [0.1, 0.15) is 24.3 Å². The Balaban J connectivity index is 1.85. The fourth-order valence-corrected chi connectivity index (χ4v) is 3.50. The third-order valence-corrected chi connectivity index (χ3v) is 5.05. The highest BCUT2D eigenvalue weighted by Gasteiger charge is 2.20. The van der Waals surface area contributed by atoms with Crippen molar-refractivity contribution < 1.29 is 12.8 Å². The summed E-state index contributed by atoms with van der Waals surface area (Å²) < 4.78 is 33.1. The van der Waals surface area contributed by atoms with Crippen LogP contribution in [0.3, 0.4) is 0 Å². The third kappa shape index (κ3) is 3.11. The summed E-state index contributed by atoms with van der Waals surface area (Å²) in [4.78, 5) is 0.111. The Bertz CT molecular complexity index is 950. The highest BCUT2D eigenvalue weighted by molar-refractivity contribution is 7.89. The van der Waals surface area contributed by atoms with Crippen molar-refractivity contribution >= 4 is 21.0 Å². The van der Waals surface area contributed by atoms with Gasteiger partial charge in [-0.15, -0.1) is 0 Å². The first-order chi connectivity index (χ1) is 11.0. The fourth-order valence-electron chi connectivity index (χ4n) is 2.28. The molecule has 1 heterocycles. The molecule has 3 aromatic rings. The van der Waals surface area contributed by atoms with Gasteiger partial charge in [-0.1, -0.05) is 18.2 Å². The van der Waals surface area contributed by atoms with Gasteiger partial charge in [-0.2, -0.15) is 5.26 Å². The summed E-state index contributed by atoms with van der Waals surface area (Å²) >= 11 is 0. The maximum Gasteiger partial charge on any atom is 0.241 e. The Kier molecular flexibility index (Phi) is 3.90. The smallest absolute Gasteiger partial charge is 0.241 e. The predicted molar refractivity (Wildman–Crippen MR) is 86.1 cm³/mol. The number of hydrogen-bond acceptors (Lipinski definition) is 4. The highest BCUT2D eigenvalue weighted by atomic mass is 32.2. The Labute approximate surface area is 134 Å². The molecule has 1 atom stereocenters. The van der Waals surface area contributed by atoms with Crippen LogP contribution >= 0.6 is 0 Å². The first-order valence-corrected chi connectivity index (χ1v) is 8.49. The molecule has 1 aromatic heterocycles. The maximum absolute atomic E-state index is 12.4. The monoisotopic (exact) mass is 326 g/mol. The van der Waals surface area contributed by atoms with Crippen molar-refractivity contribution in [2.24, 2.45) is 0 Å². The van der Waals surface area contributed by atoms with Gasteiger partial charge in [0.1, 0.15) is 11.3 Å². The van der Waals surface area contributed by atoms with Crippen LogP contribution in [-0.2, 0) is 10.0 Å². The highest BCUT2D eigenvalue weighted by Crippen LogP contribution is 2.24. The fraction of sp³-hybridized carbons (Fsp3) is 0.118. The van der Waals surface area contributed by atoms with Crippen molar-refractivity contribution in [3.8, 4) is 6.07 Å². The number of para-hydroxylation sites is 1. The van der Waals surface area contributed by atoms with Crippen LogP contribution in [-0.4, -0.2) is 8.42 Å². The average molecular weight is 326 g/mol. The number of nitriles is 1. The van der Waals surface area contributed by atoms with Crippen LogP contribution in [0, 0.1) is 11.3 Å². The van der Waals surface area contributed by atoms with E-state index in [1.807, 2.05) is 36.4 Å². The van der Waals surface area contributed by atoms with Gasteiger partial charge >= 0.3 is 0 Å². The lowest BCUT2D eigenvalue weighted by molar-refractivity contribution is 0.484. The van der Waals surface area contributed by atoms with E-state index in [2.05, 4.69) is 4.72 Å². The lowest BCUT2D eigenvalue weighted by Gasteiger charge is -2.12. The molecule has 0 fully saturated rings. The van der Waals surface area contributed by atoms with E-state index < -0.39 is 16.1 Å². The van der Waals surface area contributed by atoms with E-state index in [4.69, 9.17) is 9.68 Å². The van der Waals surface area contributed by atoms with E-state index in [1.165, 1.54) is 24.3 Å². The second-order valence-corrected chi connectivity index (χ2v) is 6.88. The molecule has 3 rings (SSSR count). The number of nitrogens with zero attached hydrogens (tertiary/aromatic N) is 1. The van der Waals surface area contributed by atoms with Crippen LogP contribution in [0.4, 0.5) is 0 Å². The molecule has 1 N–H and O–H groups in total. The Morgan fingerprint density at radius 2 is 1.83 bits per heavy atom. The molecule has 23 heavy (non-hydrogen) atoms. The summed E-state index contributed by atoms with van der Waals surface area (Å²) in [5, 5.41) is 9.69. The normalized spacial score (nSPS) is 12.9. The van der Waals surface area contributed by atoms with Crippen LogP contribution in [0.2, 0.25) is 0 Å². The van der Waals surface area contributed by atoms with E-state index in [1.54, 1.807) is 6.92 Å². The first kappa shape index (κ1) is 15.3. The van der Waals surface area contributed by atoms with Crippen LogP contribution in [0.5, 0.6) is 0 Å². The molecular weight excluding hydrogens is 312 g/mol. The SMILES string of the molecule is CC(NS(=O)(=O)c1ccc(C#N)cc1)c1cc2ccccc2o1. The molecular formula is C17H14N2O3S. The second-order valence-electron chi connectivity index (χ2n) is 5.17. The van der Waals surface area contributed by atoms with E-state index >= 15 is 0 Å². The molecule has 0 saturated heterocycles. The molecule has 0 aliphatic heterocycles. The zero-order valence-corrected chi connectivity index (χ0v) is 13.2. The van der Waals surface area contributed by atoms with Gasteiger partial charge in [0, 0.05) is 5.39 Å². The number of fused-ring (bicyclic) bond motifs is 1. The summed E-state index contributed by atoms with van der Waals surface area (Å²) in [6.07, 6.45) is 0. The molecule has 2 aromatic carbocycles. The predicted octanol–water partition coefficient (Wildman–Crippen LogP) is 3.34. The van der Waals surface area contributed by atoms with Gasteiger partial charge in [0.05, 0.1) is 22.6 Å². The standard InChI is InChI=1S/C17H14N2O3S/c1-12(17-10-14-4-2-3-5-16(14)22-17)19-23(20,21)15-8-6-13(11-18)7-9-15/h2-10,12,19H,1H3. The summed E-state index contributed by atoms with van der Waals surface area (Å²) in [6.45, 7) is 1.72. The molecule has 6 heteroatoms. The Morgan fingerprint density at radius 1 is 1.13 bits per heavy atom. The van der Waals surface area contributed by atoms with Crippen LogP contribution in [0.15, 0.2) is 63.9 Å². The number of benzene rings is 2. The molecule has 0 bridgehead atoms. The zero-order chi connectivity index (χ0) is 16.4. The average Bonchev–Trinajstić information content (AvgIpc) is 2.99. The molecule has 1 unspecified atom stereocenters. The quantitative estimate of drug-likeness (QED) is 0.797. The number of hydrogen-bond donors (Lipinski definition) is 1. The maximum atomic E-state index is 12.4. The van der Waals surface area contributed by atoms with Crippen molar-refractivity contribution in [1.29, 1.82) is 5.26 Å². The van der Waals surface area contributed by atoms with Crippen molar-refractivity contribution in [2.75, 3.05) is 0 Å². The van der Waals surface area contributed by atoms with Gasteiger partial charge in [0.15, 0.2) is 0 Å². The van der Waals surface area contributed by atoms with Gasteiger partial charge < -0.3 is 4.42 Å². The number of furan rings is 1. The number of nitrogens with one attached hydrogen (secondary N) is 1. The summed E-state index contributed by atoms with van der Waals surface area (Å²) in [5.41, 5.74) is 1.13. The third-order valence-electron chi connectivity index (χ3n) is 3.50. The Morgan fingerprint density at radius 3 is 2.48 bits per heavy atom. The largest absolute Gasteiger partial charge is 0.459 e. The molecule has 0 saturated carbocycles. The topological polar surface area (TPSA) is 83.1 Å². The molecule has 0 amide bonds. The first-order valence-electron chi connectivity index (χ1n) is 7.00. The van der Waals surface area contributed by atoms with Gasteiger partial charge in [-0.05, 0) is 43.3 Å². The molecule has 5 nitrogen and oxygen atoms in total. The van der Waals surface area contributed by atoms with E-state index in [0.717, 1.165) is 5.39 Å². The molecule has 116 valence electrons. The summed E-state index contributed by atoms with van der Waals surface area (Å²) in [6, 6.07) is 16.5. The molecule has 0 aliphatic rings. The van der Waals surface area contributed by atoms with E-state index in [-0.39, 0.29) is 4.90 Å².